The lowest BCUT2D eigenvalue weighted by atomic mass is 9.56. The summed E-state index contributed by atoms with van der Waals surface area (Å²) < 4.78 is 21.3. The molecule has 1 aromatic rings. The number of carbonyl (C=O) groups is 2. The van der Waals surface area contributed by atoms with E-state index in [1.807, 2.05) is 26.0 Å². The molecule has 0 fully saturated rings. The van der Waals surface area contributed by atoms with Crippen LogP contribution in [0.1, 0.15) is 48.8 Å². The number of hydrogen-bond donors (Lipinski definition) is 1. The van der Waals surface area contributed by atoms with Crippen molar-refractivity contribution >= 4 is 11.9 Å². The normalized spacial score (nSPS) is 22.1. The number of esters is 1. The predicted molar refractivity (Wildman–Crippen MR) is 107 cm³/mol. The molecule has 7 heteroatoms. The molecule has 1 N–H and O–H groups in total. The number of carboxylic acids is 1. The Balaban J connectivity index is 2.65. The molecule has 1 aliphatic rings. The van der Waals surface area contributed by atoms with E-state index in [1.165, 1.54) is 7.11 Å². The zero-order valence-corrected chi connectivity index (χ0v) is 18.1. The van der Waals surface area contributed by atoms with Crippen LogP contribution in [0.5, 0.6) is 5.75 Å². The first-order chi connectivity index (χ1) is 13.7. The van der Waals surface area contributed by atoms with Crippen molar-refractivity contribution in [1.29, 1.82) is 0 Å². The minimum Gasteiger partial charge on any atom is -0.497 e. The fourth-order valence-electron chi connectivity index (χ4n) is 4.90. The van der Waals surface area contributed by atoms with Crippen molar-refractivity contribution < 1.29 is 33.6 Å². The third kappa shape index (κ3) is 4.41. The first-order valence-electron chi connectivity index (χ1n) is 9.78. The van der Waals surface area contributed by atoms with Gasteiger partial charge in [-0.2, -0.15) is 0 Å². The SMILES string of the molecule is COC(=O)[C@@]1([C@H](C)CC(OC)OC)CCc2cc(OC)cc(C)c2[C@@H]1CC(=O)O. The Bertz CT molecular complexity index is 741. The van der Waals surface area contributed by atoms with E-state index in [0.717, 1.165) is 22.4 Å². The zero-order valence-electron chi connectivity index (χ0n) is 18.1. The van der Waals surface area contributed by atoms with Gasteiger partial charge in [-0.05, 0) is 54.5 Å². The second kappa shape index (κ2) is 9.59. The van der Waals surface area contributed by atoms with Crippen LogP contribution < -0.4 is 4.74 Å². The van der Waals surface area contributed by atoms with Crippen LogP contribution in [0.4, 0.5) is 0 Å². The fourth-order valence-corrected chi connectivity index (χ4v) is 4.90. The van der Waals surface area contributed by atoms with Gasteiger partial charge in [0.2, 0.25) is 0 Å². The number of aryl methyl sites for hydroxylation is 2. The van der Waals surface area contributed by atoms with Gasteiger partial charge in [-0.25, -0.2) is 0 Å². The van der Waals surface area contributed by atoms with Crippen molar-refractivity contribution in [3.63, 3.8) is 0 Å². The maximum Gasteiger partial charge on any atom is 0.312 e. The molecular formula is C22H32O7. The van der Waals surface area contributed by atoms with Gasteiger partial charge in [0, 0.05) is 26.6 Å². The van der Waals surface area contributed by atoms with E-state index < -0.39 is 23.6 Å². The third-order valence-electron chi connectivity index (χ3n) is 6.36. The first-order valence-corrected chi connectivity index (χ1v) is 9.78. The lowest BCUT2D eigenvalue weighted by Crippen LogP contribution is -2.48. The van der Waals surface area contributed by atoms with Crippen molar-refractivity contribution in [2.75, 3.05) is 28.4 Å². The Morgan fingerprint density at radius 2 is 1.86 bits per heavy atom. The Labute approximate surface area is 172 Å². The molecule has 1 aliphatic carbocycles. The third-order valence-corrected chi connectivity index (χ3v) is 6.36. The van der Waals surface area contributed by atoms with E-state index in [4.69, 9.17) is 18.9 Å². The zero-order chi connectivity index (χ0) is 21.8. The Hall–Kier alpha value is -2.12. The van der Waals surface area contributed by atoms with Crippen LogP contribution >= 0.6 is 0 Å². The second-order valence-corrected chi connectivity index (χ2v) is 7.74. The maximum atomic E-state index is 13.2. The minimum atomic E-state index is -0.991. The van der Waals surface area contributed by atoms with Gasteiger partial charge in [0.15, 0.2) is 6.29 Å². The van der Waals surface area contributed by atoms with Crippen molar-refractivity contribution in [2.45, 2.75) is 51.7 Å². The van der Waals surface area contributed by atoms with E-state index >= 15 is 0 Å². The highest BCUT2D eigenvalue weighted by Gasteiger charge is 2.54. The molecule has 0 aromatic heterocycles. The topological polar surface area (TPSA) is 91.3 Å². The van der Waals surface area contributed by atoms with Gasteiger partial charge in [0.1, 0.15) is 5.75 Å². The number of fused-ring (bicyclic) bond motifs is 1. The van der Waals surface area contributed by atoms with Gasteiger partial charge in [-0.15, -0.1) is 0 Å². The number of carbonyl (C=O) groups excluding carboxylic acids is 1. The highest BCUT2D eigenvalue weighted by molar-refractivity contribution is 5.81. The summed E-state index contributed by atoms with van der Waals surface area (Å²) in [5, 5.41) is 9.70. The number of ether oxygens (including phenoxy) is 4. The molecule has 0 bridgehead atoms. The lowest BCUT2D eigenvalue weighted by molar-refractivity contribution is -0.166. The number of rotatable bonds is 9. The van der Waals surface area contributed by atoms with Crippen molar-refractivity contribution in [1.82, 2.24) is 0 Å². The summed E-state index contributed by atoms with van der Waals surface area (Å²) in [5.74, 6) is -1.35. The van der Waals surface area contributed by atoms with E-state index in [1.54, 1.807) is 21.3 Å². The van der Waals surface area contributed by atoms with Gasteiger partial charge in [-0.1, -0.05) is 6.92 Å². The summed E-state index contributed by atoms with van der Waals surface area (Å²) in [6.07, 6.45) is 0.911. The van der Waals surface area contributed by atoms with E-state index in [-0.39, 0.29) is 18.3 Å². The van der Waals surface area contributed by atoms with E-state index in [9.17, 15) is 14.7 Å². The highest BCUT2D eigenvalue weighted by Crippen LogP contribution is 2.55. The number of methoxy groups -OCH3 is 4. The van der Waals surface area contributed by atoms with Crippen LogP contribution in [0, 0.1) is 18.3 Å². The van der Waals surface area contributed by atoms with Crippen LogP contribution in [0.2, 0.25) is 0 Å². The van der Waals surface area contributed by atoms with Gasteiger partial charge < -0.3 is 24.1 Å². The summed E-state index contributed by atoms with van der Waals surface area (Å²) in [6.45, 7) is 3.88. The molecule has 2 rings (SSSR count). The smallest absolute Gasteiger partial charge is 0.312 e. The van der Waals surface area contributed by atoms with Crippen LogP contribution in [0.3, 0.4) is 0 Å². The number of benzene rings is 1. The predicted octanol–water partition coefficient (Wildman–Crippen LogP) is 3.31. The summed E-state index contributed by atoms with van der Waals surface area (Å²) >= 11 is 0. The van der Waals surface area contributed by atoms with Crippen LogP contribution in [0.15, 0.2) is 12.1 Å². The molecule has 3 atom stereocenters. The van der Waals surface area contributed by atoms with Gasteiger partial charge in [0.05, 0.1) is 26.1 Å². The molecule has 0 radical (unpaired) electrons. The van der Waals surface area contributed by atoms with Crippen molar-refractivity contribution in [3.05, 3.63) is 28.8 Å². The lowest BCUT2D eigenvalue weighted by Gasteiger charge is -2.47. The molecule has 0 heterocycles. The molecule has 0 saturated carbocycles. The molecule has 0 saturated heterocycles. The largest absolute Gasteiger partial charge is 0.497 e. The molecule has 162 valence electrons. The Kier molecular flexibility index (Phi) is 7.66. The van der Waals surface area contributed by atoms with Gasteiger partial charge in [-0.3, -0.25) is 9.59 Å². The molecule has 0 aliphatic heterocycles. The molecule has 1 aromatic carbocycles. The van der Waals surface area contributed by atoms with E-state index in [2.05, 4.69) is 0 Å². The summed E-state index contributed by atoms with van der Waals surface area (Å²) in [5.41, 5.74) is 1.85. The standard InChI is InChI=1S/C22H32O7/c1-13-9-16(26-3)11-15-7-8-22(21(25)29-6,14(2)10-19(27-4)28-5)17(20(13)15)12-18(23)24/h9,11,14,17,19H,7-8,10,12H2,1-6H3,(H,23,24)/t14-,17+,22-/m1/s1. The number of carboxylic acid groups (broad SMARTS) is 1. The quantitative estimate of drug-likeness (QED) is 0.495. The average Bonchev–Trinajstić information content (AvgIpc) is 2.70. The molecule has 0 spiro atoms. The van der Waals surface area contributed by atoms with Crippen molar-refractivity contribution in [2.24, 2.45) is 11.3 Å². The average molecular weight is 408 g/mol. The van der Waals surface area contributed by atoms with Gasteiger partial charge in [0.25, 0.3) is 0 Å². The molecule has 0 amide bonds. The summed E-state index contributed by atoms with van der Waals surface area (Å²) in [6, 6.07) is 3.83. The number of hydrogen-bond acceptors (Lipinski definition) is 6. The summed E-state index contributed by atoms with van der Waals surface area (Å²) in [4.78, 5) is 25.0. The van der Waals surface area contributed by atoms with Crippen LogP contribution in [-0.4, -0.2) is 51.8 Å². The van der Waals surface area contributed by atoms with Crippen LogP contribution in [0.25, 0.3) is 0 Å². The minimum absolute atomic E-state index is 0.162. The Morgan fingerprint density at radius 3 is 2.38 bits per heavy atom. The monoisotopic (exact) mass is 408 g/mol. The molecule has 29 heavy (non-hydrogen) atoms. The summed E-state index contributed by atoms with van der Waals surface area (Å²) in [7, 11) is 6.06. The van der Waals surface area contributed by atoms with E-state index in [0.29, 0.717) is 19.3 Å². The molecule has 0 unspecified atom stereocenters. The van der Waals surface area contributed by atoms with Gasteiger partial charge >= 0.3 is 11.9 Å². The highest BCUT2D eigenvalue weighted by atomic mass is 16.7. The second-order valence-electron chi connectivity index (χ2n) is 7.74. The maximum absolute atomic E-state index is 13.2. The van der Waals surface area contributed by atoms with Crippen molar-refractivity contribution in [3.8, 4) is 5.75 Å². The first kappa shape index (κ1) is 23.2. The molecule has 7 nitrogen and oxygen atoms in total. The van der Waals surface area contributed by atoms with Crippen LogP contribution in [-0.2, 0) is 30.2 Å². The fraction of sp³-hybridized carbons (Fsp3) is 0.636. The Morgan fingerprint density at radius 1 is 1.21 bits per heavy atom. The molecular weight excluding hydrogens is 376 g/mol. The number of aliphatic carboxylic acids is 1.